The van der Waals surface area contributed by atoms with Crippen LogP contribution in [0.3, 0.4) is 0 Å². The Hall–Kier alpha value is -2.37. The van der Waals surface area contributed by atoms with Crippen LogP contribution in [-0.4, -0.2) is 4.92 Å². The number of nitrogens with zero attached hydrogens (tertiary/aromatic N) is 1. The van der Waals surface area contributed by atoms with Gasteiger partial charge in [0.25, 0.3) is 5.69 Å². The van der Waals surface area contributed by atoms with Crippen molar-refractivity contribution >= 4 is 5.69 Å². The van der Waals surface area contributed by atoms with Crippen molar-refractivity contribution in [3.63, 3.8) is 0 Å². The molecule has 92 valence electrons. The van der Waals surface area contributed by atoms with Crippen LogP contribution in [0.4, 0.5) is 18.9 Å². The Bertz CT molecular complexity index is 611. The van der Waals surface area contributed by atoms with Crippen LogP contribution < -0.4 is 0 Å². The molecular weight excluding hydrogens is 247 g/mol. The molecule has 0 amide bonds. The largest absolute Gasteiger partial charge is 0.269 e. The predicted molar refractivity (Wildman–Crippen MR) is 58.4 cm³/mol. The lowest BCUT2D eigenvalue weighted by atomic mass is 10.0. The third-order valence-electron chi connectivity index (χ3n) is 2.42. The third-order valence-corrected chi connectivity index (χ3v) is 2.42. The second-order valence-corrected chi connectivity index (χ2v) is 3.53. The van der Waals surface area contributed by atoms with Gasteiger partial charge < -0.3 is 0 Å². The quantitative estimate of drug-likeness (QED) is 0.465. The molecule has 2 aromatic carbocycles. The Morgan fingerprint density at radius 1 is 0.889 bits per heavy atom. The summed E-state index contributed by atoms with van der Waals surface area (Å²) in [5, 5.41) is 10.4. The van der Waals surface area contributed by atoms with Gasteiger partial charge in [0.15, 0.2) is 17.5 Å². The number of benzene rings is 2. The predicted octanol–water partition coefficient (Wildman–Crippen LogP) is 3.68. The lowest BCUT2D eigenvalue weighted by Gasteiger charge is -2.04. The fourth-order valence-electron chi connectivity index (χ4n) is 1.51. The van der Waals surface area contributed by atoms with Crippen molar-refractivity contribution in [2.24, 2.45) is 0 Å². The first-order chi connectivity index (χ1) is 8.50. The van der Waals surface area contributed by atoms with Crippen molar-refractivity contribution in [2.45, 2.75) is 0 Å². The molecule has 0 atom stereocenters. The first kappa shape index (κ1) is 12.1. The van der Waals surface area contributed by atoms with E-state index in [1.54, 1.807) is 0 Å². The molecule has 0 saturated carbocycles. The number of hydrogen-bond acceptors (Lipinski definition) is 2. The number of hydrogen-bond donors (Lipinski definition) is 0. The lowest BCUT2D eigenvalue weighted by molar-refractivity contribution is -0.384. The highest BCUT2D eigenvalue weighted by Crippen LogP contribution is 2.27. The van der Waals surface area contributed by atoms with Gasteiger partial charge in [0, 0.05) is 17.7 Å². The number of non-ortho nitro benzene ring substituents is 1. The maximum Gasteiger partial charge on any atom is 0.269 e. The van der Waals surface area contributed by atoms with Crippen molar-refractivity contribution in [3.8, 4) is 11.1 Å². The second kappa shape index (κ2) is 4.48. The molecule has 6 heteroatoms. The zero-order valence-electron chi connectivity index (χ0n) is 8.86. The lowest BCUT2D eigenvalue weighted by Crippen LogP contribution is -1.94. The van der Waals surface area contributed by atoms with E-state index in [0.29, 0.717) is 0 Å². The fraction of sp³-hybridized carbons (Fsp3) is 0. The maximum atomic E-state index is 13.5. The Kier molecular flexibility index (Phi) is 3.01. The smallest absolute Gasteiger partial charge is 0.258 e. The number of rotatable bonds is 2. The van der Waals surface area contributed by atoms with E-state index in [9.17, 15) is 23.3 Å². The molecule has 0 heterocycles. The minimum Gasteiger partial charge on any atom is -0.258 e. The molecule has 0 radical (unpaired) electrons. The highest BCUT2D eigenvalue weighted by molar-refractivity contribution is 5.65. The molecule has 0 fully saturated rings. The summed E-state index contributed by atoms with van der Waals surface area (Å²) in [7, 11) is 0. The summed E-state index contributed by atoms with van der Waals surface area (Å²) < 4.78 is 39.2. The molecule has 0 bridgehead atoms. The molecule has 0 aliphatic rings. The molecule has 3 nitrogen and oxygen atoms in total. The van der Waals surface area contributed by atoms with Crippen molar-refractivity contribution in [2.75, 3.05) is 0 Å². The van der Waals surface area contributed by atoms with Crippen molar-refractivity contribution in [1.82, 2.24) is 0 Å². The molecule has 0 aliphatic carbocycles. The van der Waals surface area contributed by atoms with Crippen molar-refractivity contribution in [3.05, 3.63) is 64.0 Å². The van der Waals surface area contributed by atoms with Gasteiger partial charge in [-0.15, -0.1) is 0 Å². The van der Waals surface area contributed by atoms with E-state index >= 15 is 0 Å². The Morgan fingerprint density at radius 2 is 1.50 bits per heavy atom. The Labute approximate surface area is 99.6 Å². The summed E-state index contributed by atoms with van der Waals surface area (Å²) in [6.45, 7) is 0. The first-order valence-electron chi connectivity index (χ1n) is 4.89. The second-order valence-electron chi connectivity index (χ2n) is 3.53. The van der Waals surface area contributed by atoms with Crippen LogP contribution in [-0.2, 0) is 0 Å². The minimum atomic E-state index is -1.56. The molecule has 18 heavy (non-hydrogen) atoms. The van der Waals surface area contributed by atoms with Gasteiger partial charge in [0.05, 0.1) is 4.92 Å². The summed E-state index contributed by atoms with van der Waals surface area (Å²) in [5.74, 6) is -4.16. The first-order valence-corrected chi connectivity index (χ1v) is 4.89. The van der Waals surface area contributed by atoms with Gasteiger partial charge in [-0.2, -0.15) is 0 Å². The summed E-state index contributed by atoms with van der Waals surface area (Å²) >= 11 is 0. The molecular formula is C12H6F3NO2. The topological polar surface area (TPSA) is 43.1 Å². The summed E-state index contributed by atoms with van der Waals surface area (Å²) in [5.41, 5.74) is -0.0810. The molecule has 0 unspecified atom stereocenters. The molecule has 0 aromatic heterocycles. The van der Waals surface area contributed by atoms with Crippen LogP contribution in [0.5, 0.6) is 0 Å². The molecule has 2 rings (SSSR count). The highest BCUT2D eigenvalue weighted by Gasteiger charge is 2.15. The van der Waals surface area contributed by atoms with Crippen LogP contribution in [0.25, 0.3) is 11.1 Å². The maximum absolute atomic E-state index is 13.5. The van der Waals surface area contributed by atoms with E-state index in [0.717, 1.165) is 24.3 Å². The molecule has 2 aromatic rings. The van der Waals surface area contributed by atoms with Crippen LogP contribution in [0.1, 0.15) is 0 Å². The fourth-order valence-corrected chi connectivity index (χ4v) is 1.51. The summed E-state index contributed by atoms with van der Waals surface area (Å²) in [6.07, 6.45) is 0. The highest BCUT2D eigenvalue weighted by atomic mass is 19.2. The van der Waals surface area contributed by atoms with E-state index in [1.807, 2.05) is 0 Å². The number of halogens is 3. The molecule has 0 N–H and O–H groups in total. The minimum absolute atomic E-state index is 0.149. The number of nitro groups is 1. The summed E-state index contributed by atoms with van der Waals surface area (Å²) in [4.78, 5) is 9.83. The van der Waals surface area contributed by atoms with Gasteiger partial charge in [0.2, 0.25) is 0 Å². The molecule has 0 spiro atoms. The van der Waals surface area contributed by atoms with Crippen LogP contribution in [0.2, 0.25) is 0 Å². The Balaban J connectivity index is 2.49. The van der Waals surface area contributed by atoms with Gasteiger partial charge >= 0.3 is 0 Å². The van der Waals surface area contributed by atoms with E-state index in [1.165, 1.54) is 12.1 Å². The van der Waals surface area contributed by atoms with Crippen LogP contribution in [0.15, 0.2) is 36.4 Å². The van der Waals surface area contributed by atoms with E-state index in [-0.39, 0.29) is 16.8 Å². The normalized spacial score (nSPS) is 10.4. The van der Waals surface area contributed by atoms with Gasteiger partial charge in [-0.1, -0.05) is 0 Å². The van der Waals surface area contributed by atoms with E-state index < -0.39 is 22.4 Å². The van der Waals surface area contributed by atoms with Gasteiger partial charge in [-0.25, -0.2) is 13.2 Å². The van der Waals surface area contributed by atoms with E-state index in [2.05, 4.69) is 0 Å². The summed E-state index contributed by atoms with van der Waals surface area (Å²) in [6, 6.07) is 6.75. The zero-order chi connectivity index (χ0) is 13.3. The monoisotopic (exact) mass is 253 g/mol. The zero-order valence-corrected chi connectivity index (χ0v) is 8.86. The van der Waals surface area contributed by atoms with Gasteiger partial charge in [-0.05, 0) is 29.8 Å². The third kappa shape index (κ3) is 2.04. The SMILES string of the molecule is O=[N+]([O-])c1ccc(-c2ccc(F)c(F)c2F)cc1. The Morgan fingerprint density at radius 3 is 2.06 bits per heavy atom. The standard InChI is InChI=1S/C12H6F3NO2/c13-10-6-5-9(11(14)12(10)15)7-1-3-8(4-2-7)16(17)18/h1-6H. The van der Waals surface area contributed by atoms with Crippen molar-refractivity contribution < 1.29 is 18.1 Å². The van der Waals surface area contributed by atoms with Gasteiger partial charge in [-0.3, -0.25) is 10.1 Å². The van der Waals surface area contributed by atoms with Crippen LogP contribution >= 0.6 is 0 Å². The molecule has 0 aliphatic heterocycles. The number of nitro benzene ring substituents is 1. The average molecular weight is 253 g/mol. The van der Waals surface area contributed by atoms with Gasteiger partial charge in [0.1, 0.15) is 0 Å². The molecule has 0 saturated heterocycles. The van der Waals surface area contributed by atoms with Crippen LogP contribution in [0, 0.1) is 27.6 Å². The van der Waals surface area contributed by atoms with E-state index in [4.69, 9.17) is 0 Å². The van der Waals surface area contributed by atoms with Crippen molar-refractivity contribution in [1.29, 1.82) is 0 Å². The average Bonchev–Trinajstić information content (AvgIpc) is 2.36.